The monoisotopic (exact) mass is 372 g/mol. The van der Waals surface area contributed by atoms with E-state index in [0.29, 0.717) is 12.0 Å². The summed E-state index contributed by atoms with van der Waals surface area (Å²) in [4.78, 5) is 11.9. The van der Waals surface area contributed by atoms with E-state index >= 15 is 0 Å². The summed E-state index contributed by atoms with van der Waals surface area (Å²) in [7, 11) is -6.74. The van der Waals surface area contributed by atoms with Gasteiger partial charge < -0.3 is 5.32 Å². The first-order chi connectivity index (χ1) is 11.3. The van der Waals surface area contributed by atoms with Gasteiger partial charge in [0.2, 0.25) is 10.0 Å². The van der Waals surface area contributed by atoms with Crippen LogP contribution in [0.4, 0.5) is 0 Å². The average Bonchev–Trinajstić information content (AvgIpc) is 3.27. The zero-order chi connectivity index (χ0) is 17.4. The molecule has 1 aromatic carbocycles. The lowest BCUT2D eigenvalue weighted by molar-refractivity contribution is 0.0951. The maximum absolute atomic E-state index is 12.3. The summed E-state index contributed by atoms with van der Waals surface area (Å²) in [5.41, 5.74) is 0.419. The lowest BCUT2D eigenvalue weighted by Crippen LogP contribution is -2.30. The Labute approximate surface area is 141 Å². The summed E-state index contributed by atoms with van der Waals surface area (Å²) in [6, 6.07) is 5.97. The molecule has 2 N–H and O–H groups in total. The minimum absolute atomic E-state index is 0.0236. The van der Waals surface area contributed by atoms with Gasteiger partial charge in [-0.1, -0.05) is 0 Å². The molecule has 0 bridgehead atoms. The van der Waals surface area contributed by atoms with Gasteiger partial charge in [-0.05, 0) is 49.4 Å². The van der Waals surface area contributed by atoms with Crippen molar-refractivity contribution in [2.24, 2.45) is 5.92 Å². The Hall–Kier alpha value is -1.45. The van der Waals surface area contributed by atoms with Gasteiger partial charge >= 0.3 is 0 Å². The van der Waals surface area contributed by atoms with Crippen molar-refractivity contribution in [1.29, 1.82) is 0 Å². The quantitative estimate of drug-likeness (QED) is 0.746. The summed E-state index contributed by atoms with van der Waals surface area (Å²) in [5, 5.41) is 2.84. The predicted octanol–water partition coefficient (Wildman–Crippen LogP) is 0.292. The van der Waals surface area contributed by atoms with E-state index in [1.165, 1.54) is 24.3 Å². The van der Waals surface area contributed by atoms with Crippen molar-refractivity contribution in [3.05, 3.63) is 29.8 Å². The SMILES string of the molecule is O=C(NC1CC1)c1ccc(S(=O)(=O)NC[C@H]2CCS(=O)(=O)C2)cc1. The van der Waals surface area contributed by atoms with Gasteiger partial charge in [0, 0.05) is 18.2 Å². The number of hydrogen-bond donors (Lipinski definition) is 2. The number of carbonyl (C=O) groups is 1. The van der Waals surface area contributed by atoms with E-state index < -0.39 is 19.9 Å². The lowest BCUT2D eigenvalue weighted by Gasteiger charge is -2.11. The zero-order valence-corrected chi connectivity index (χ0v) is 14.7. The molecule has 1 aromatic rings. The van der Waals surface area contributed by atoms with E-state index in [2.05, 4.69) is 10.0 Å². The van der Waals surface area contributed by atoms with E-state index in [1.54, 1.807) is 0 Å². The fraction of sp³-hybridized carbons (Fsp3) is 0.533. The van der Waals surface area contributed by atoms with Crippen molar-refractivity contribution < 1.29 is 21.6 Å². The molecular weight excluding hydrogens is 352 g/mol. The smallest absolute Gasteiger partial charge is 0.251 e. The van der Waals surface area contributed by atoms with Crippen LogP contribution >= 0.6 is 0 Å². The van der Waals surface area contributed by atoms with Gasteiger partial charge in [-0.2, -0.15) is 0 Å². The van der Waals surface area contributed by atoms with Crippen molar-refractivity contribution >= 4 is 25.8 Å². The highest BCUT2D eigenvalue weighted by molar-refractivity contribution is 7.91. The van der Waals surface area contributed by atoms with E-state index in [-0.39, 0.29) is 40.8 Å². The summed E-state index contributed by atoms with van der Waals surface area (Å²) >= 11 is 0. The van der Waals surface area contributed by atoms with Crippen molar-refractivity contribution in [2.45, 2.75) is 30.2 Å². The number of sulfonamides is 1. The third kappa shape index (κ3) is 4.34. The first-order valence-corrected chi connectivity index (χ1v) is 11.2. The second-order valence-corrected chi connectivity index (χ2v) is 10.4. The van der Waals surface area contributed by atoms with Gasteiger partial charge in [0.05, 0.1) is 16.4 Å². The lowest BCUT2D eigenvalue weighted by atomic mass is 10.1. The highest BCUT2D eigenvalue weighted by atomic mass is 32.2. The molecule has 3 rings (SSSR count). The molecule has 1 saturated heterocycles. The van der Waals surface area contributed by atoms with E-state index in [1.807, 2.05) is 0 Å². The molecule has 2 fully saturated rings. The van der Waals surface area contributed by atoms with Crippen molar-refractivity contribution in [1.82, 2.24) is 10.0 Å². The summed E-state index contributed by atoms with van der Waals surface area (Å²) in [6.07, 6.45) is 2.45. The third-order valence-electron chi connectivity index (χ3n) is 4.23. The molecule has 2 aliphatic rings. The van der Waals surface area contributed by atoms with Crippen LogP contribution < -0.4 is 10.0 Å². The average molecular weight is 372 g/mol. The number of rotatable bonds is 6. The van der Waals surface area contributed by atoms with E-state index in [9.17, 15) is 21.6 Å². The molecular formula is C15H20N2O5S2. The highest BCUT2D eigenvalue weighted by Gasteiger charge is 2.29. The van der Waals surface area contributed by atoms with E-state index in [4.69, 9.17) is 0 Å². The predicted molar refractivity (Wildman–Crippen MR) is 88.9 cm³/mol. The van der Waals surface area contributed by atoms with Gasteiger partial charge in [-0.3, -0.25) is 4.79 Å². The van der Waals surface area contributed by atoms with Crippen LogP contribution in [0.15, 0.2) is 29.2 Å². The van der Waals surface area contributed by atoms with Gasteiger partial charge in [0.25, 0.3) is 5.91 Å². The Kier molecular flexibility index (Phi) is 4.67. The molecule has 24 heavy (non-hydrogen) atoms. The Morgan fingerprint density at radius 3 is 2.33 bits per heavy atom. The molecule has 1 heterocycles. The molecule has 0 aromatic heterocycles. The van der Waals surface area contributed by atoms with Crippen LogP contribution in [0.25, 0.3) is 0 Å². The highest BCUT2D eigenvalue weighted by Crippen LogP contribution is 2.20. The largest absolute Gasteiger partial charge is 0.349 e. The number of benzene rings is 1. The number of hydrogen-bond acceptors (Lipinski definition) is 5. The molecule has 0 unspecified atom stereocenters. The van der Waals surface area contributed by atoms with Crippen LogP contribution in [0.1, 0.15) is 29.6 Å². The molecule has 7 nitrogen and oxygen atoms in total. The molecule has 9 heteroatoms. The molecule has 0 spiro atoms. The minimum atomic E-state index is -3.71. The van der Waals surface area contributed by atoms with Crippen LogP contribution in [0, 0.1) is 5.92 Å². The summed E-state index contributed by atoms with van der Waals surface area (Å²) in [5.74, 6) is -0.251. The second kappa shape index (κ2) is 6.45. The van der Waals surface area contributed by atoms with Crippen LogP contribution in [0.3, 0.4) is 0 Å². The minimum Gasteiger partial charge on any atom is -0.349 e. The molecule has 1 saturated carbocycles. The van der Waals surface area contributed by atoms with Crippen LogP contribution in [-0.4, -0.2) is 46.8 Å². The summed E-state index contributed by atoms with van der Waals surface area (Å²) in [6.45, 7) is 0.103. The Bertz CT molecular complexity index is 827. The van der Waals surface area contributed by atoms with Gasteiger partial charge in [-0.15, -0.1) is 0 Å². The first kappa shape index (κ1) is 17.4. The van der Waals surface area contributed by atoms with Crippen LogP contribution in [0.5, 0.6) is 0 Å². The topological polar surface area (TPSA) is 109 Å². The molecule has 1 amide bonds. The van der Waals surface area contributed by atoms with Crippen molar-refractivity contribution in [2.75, 3.05) is 18.1 Å². The zero-order valence-electron chi connectivity index (χ0n) is 13.1. The second-order valence-electron chi connectivity index (χ2n) is 6.39. The van der Waals surface area contributed by atoms with Gasteiger partial charge in [0.1, 0.15) is 0 Å². The van der Waals surface area contributed by atoms with Gasteiger partial charge in [0.15, 0.2) is 9.84 Å². The number of nitrogens with one attached hydrogen (secondary N) is 2. The Morgan fingerprint density at radius 1 is 1.12 bits per heavy atom. The molecule has 0 radical (unpaired) electrons. The maximum Gasteiger partial charge on any atom is 0.251 e. The fourth-order valence-corrected chi connectivity index (χ4v) is 5.60. The van der Waals surface area contributed by atoms with Gasteiger partial charge in [-0.25, -0.2) is 21.6 Å². The number of carbonyl (C=O) groups excluding carboxylic acids is 1. The van der Waals surface area contributed by atoms with Crippen molar-refractivity contribution in [3.8, 4) is 0 Å². The van der Waals surface area contributed by atoms with Crippen LogP contribution in [0.2, 0.25) is 0 Å². The van der Waals surface area contributed by atoms with Crippen LogP contribution in [-0.2, 0) is 19.9 Å². The number of sulfone groups is 1. The molecule has 1 atom stereocenters. The normalized spacial score (nSPS) is 23.1. The Balaban J connectivity index is 1.60. The summed E-state index contributed by atoms with van der Waals surface area (Å²) < 4.78 is 49.8. The van der Waals surface area contributed by atoms with E-state index in [0.717, 1.165) is 12.8 Å². The number of amides is 1. The maximum atomic E-state index is 12.3. The fourth-order valence-electron chi connectivity index (χ4n) is 2.63. The molecule has 1 aliphatic carbocycles. The molecule has 132 valence electrons. The third-order valence-corrected chi connectivity index (χ3v) is 7.50. The first-order valence-electron chi connectivity index (χ1n) is 7.86. The molecule has 1 aliphatic heterocycles. The Morgan fingerprint density at radius 2 is 1.79 bits per heavy atom. The standard InChI is InChI=1S/C15H20N2O5S2/c18-15(17-13-3-4-13)12-1-5-14(6-2-12)24(21,22)16-9-11-7-8-23(19,20)10-11/h1-2,5-6,11,13,16H,3-4,7-10H2,(H,17,18)/t11-/m1/s1. The van der Waals surface area contributed by atoms with Crippen molar-refractivity contribution in [3.63, 3.8) is 0 Å².